The Balaban J connectivity index is 1.51. The van der Waals surface area contributed by atoms with E-state index in [9.17, 15) is 14.4 Å². The topological polar surface area (TPSA) is 84.9 Å². The molecule has 0 spiro atoms. The average Bonchev–Trinajstić information content (AvgIpc) is 3.08. The first-order valence-electron chi connectivity index (χ1n) is 9.59. The Kier molecular flexibility index (Phi) is 6.84. The summed E-state index contributed by atoms with van der Waals surface area (Å²) in [6.45, 7) is 2.73. The number of nitrogens with one attached hydrogen (secondary N) is 1. The predicted molar refractivity (Wildman–Crippen MR) is 107 cm³/mol. The fraction of sp³-hybridized carbons (Fsp3) is 0.318. The van der Waals surface area contributed by atoms with Crippen molar-refractivity contribution < 1.29 is 23.9 Å². The van der Waals surface area contributed by atoms with Crippen molar-refractivity contribution in [1.82, 2.24) is 4.90 Å². The molecule has 1 saturated heterocycles. The summed E-state index contributed by atoms with van der Waals surface area (Å²) in [7, 11) is 0. The van der Waals surface area contributed by atoms with Gasteiger partial charge in [0.1, 0.15) is 13.2 Å². The number of anilines is 1. The number of hydrogen-bond acceptors (Lipinski definition) is 5. The molecule has 0 bridgehead atoms. The number of ether oxygens (including phenoxy) is 2. The molecule has 0 radical (unpaired) electrons. The number of carbonyl (C=O) groups excluding carboxylic acids is 3. The molecule has 1 atom stereocenters. The van der Waals surface area contributed by atoms with Gasteiger partial charge in [0.05, 0.1) is 12.5 Å². The van der Waals surface area contributed by atoms with Crippen LogP contribution in [0.5, 0.6) is 0 Å². The van der Waals surface area contributed by atoms with Gasteiger partial charge in [-0.3, -0.25) is 14.9 Å². The maximum atomic E-state index is 12.6. The number of nitrogens with zero attached hydrogens (tertiary/aromatic N) is 1. The largest absolute Gasteiger partial charge is 0.465 e. The van der Waals surface area contributed by atoms with Gasteiger partial charge in [-0.15, -0.1) is 0 Å². The summed E-state index contributed by atoms with van der Waals surface area (Å²) in [5.41, 5.74) is 2.34. The molecule has 7 nitrogen and oxygen atoms in total. The molecule has 3 rings (SSSR count). The van der Waals surface area contributed by atoms with Gasteiger partial charge < -0.3 is 14.4 Å². The normalized spacial score (nSPS) is 15.8. The molecule has 2 amide bonds. The third kappa shape index (κ3) is 5.57. The van der Waals surface area contributed by atoms with Gasteiger partial charge in [0.25, 0.3) is 0 Å². The molecule has 29 heavy (non-hydrogen) atoms. The quantitative estimate of drug-likeness (QED) is 0.726. The lowest BCUT2D eigenvalue weighted by molar-refractivity contribution is -0.147. The van der Waals surface area contributed by atoms with Crippen LogP contribution in [0.1, 0.15) is 30.4 Å². The van der Waals surface area contributed by atoms with Gasteiger partial charge in [0.15, 0.2) is 0 Å². The van der Waals surface area contributed by atoms with E-state index in [1.165, 1.54) is 4.90 Å². The van der Waals surface area contributed by atoms with E-state index in [0.29, 0.717) is 25.3 Å². The predicted octanol–water partition coefficient (Wildman–Crippen LogP) is 3.31. The second-order valence-electron chi connectivity index (χ2n) is 6.71. The molecule has 1 unspecified atom stereocenters. The highest BCUT2D eigenvalue weighted by atomic mass is 16.5. The van der Waals surface area contributed by atoms with E-state index in [4.69, 9.17) is 9.47 Å². The third-order valence-corrected chi connectivity index (χ3v) is 4.69. The number of amides is 2. The van der Waals surface area contributed by atoms with Crippen LogP contribution in [0.2, 0.25) is 0 Å². The van der Waals surface area contributed by atoms with Gasteiger partial charge >= 0.3 is 12.1 Å². The molecule has 0 aromatic heterocycles. The Morgan fingerprint density at radius 3 is 2.48 bits per heavy atom. The Hall–Kier alpha value is -3.35. The van der Waals surface area contributed by atoms with Gasteiger partial charge in [0, 0.05) is 12.2 Å². The minimum absolute atomic E-state index is 0.0178. The van der Waals surface area contributed by atoms with E-state index < -0.39 is 12.1 Å². The van der Waals surface area contributed by atoms with Crippen LogP contribution < -0.4 is 5.32 Å². The van der Waals surface area contributed by atoms with Crippen molar-refractivity contribution >= 4 is 23.7 Å². The number of likely N-dealkylation sites (tertiary alicyclic amines) is 1. The fourth-order valence-corrected chi connectivity index (χ4v) is 3.24. The molecule has 7 heteroatoms. The van der Waals surface area contributed by atoms with Crippen LogP contribution in [0.4, 0.5) is 10.5 Å². The first-order valence-corrected chi connectivity index (χ1v) is 9.59. The minimum atomic E-state index is -0.542. The lowest BCUT2D eigenvalue weighted by Crippen LogP contribution is -2.33. The van der Waals surface area contributed by atoms with Gasteiger partial charge in [-0.1, -0.05) is 42.5 Å². The first-order chi connectivity index (χ1) is 14.1. The lowest BCUT2D eigenvalue weighted by Gasteiger charge is -2.16. The Morgan fingerprint density at radius 1 is 1.07 bits per heavy atom. The molecule has 1 aliphatic heterocycles. The summed E-state index contributed by atoms with van der Waals surface area (Å²) in [6, 6.07) is 16.5. The molecule has 152 valence electrons. The first kappa shape index (κ1) is 20.4. The summed E-state index contributed by atoms with van der Waals surface area (Å²) in [5.74, 6) is -0.764. The summed E-state index contributed by atoms with van der Waals surface area (Å²) < 4.78 is 10.1. The zero-order valence-electron chi connectivity index (χ0n) is 16.3. The minimum Gasteiger partial charge on any atom is -0.465 e. The summed E-state index contributed by atoms with van der Waals surface area (Å²) in [5, 5.41) is 2.67. The second kappa shape index (κ2) is 9.73. The van der Waals surface area contributed by atoms with Gasteiger partial charge in [-0.05, 0) is 36.6 Å². The SMILES string of the molecule is CCOC(=O)CN1CCC(c2ccc(NC(=O)OCc3ccccc3)cc2)C1=O. The molecular formula is C22H24N2O5. The Labute approximate surface area is 169 Å². The van der Waals surface area contributed by atoms with Crippen molar-refractivity contribution in [2.75, 3.05) is 25.0 Å². The van der Waals surface area contributed by atoms with Gasteiger partial charge in [0.2, 0.25) is 5.91 Å². The number of benzene rings is 2. The van der Waals surface area contributed by atoms with Crippen molar-refractivity contribution in [3.05, 3.63) is 65.7 Å². The number of esters is 1. The zero-order chi connectivity index (χ0) is 20.6. The molecule has 1 heterocycles. The number of carbonyl (C=O) groups is 3. The second-order valence-corrected chi connectivity index (χ2v) is 6.71. The molecule has 0 saturated carbocycles. The number of rotatable bonds is 7. The van der Waals surface area contributed by atoms with Gasteiger partial charge in [-0.25, -0.2) is 4.79 Å². The maximum absolute atomic E-state index is 12.6. The molecule has 1 fully saturated rings. The molecule has 0 aliphatic carbocycles. The van der Waals surface area contributed by atoms with Crippen molar-refractivity contribution in [1.29, 1.82) is 0 Å². The number of hydrogen-bond donors (Lipinski definition) is 1. The van der Waals surface area contributed by atoms with Crippen molar-refractivity contribution in [2.24, 2.45) is 0 Å². The van der Waals surface area contributed by atoms with Crippen LogP contribution >= 0.6 is 0 Å². The van der Waals surface area contributed by atoms with Crippen LogP contribution in [0, 0.1) is 0 Å². The van der Waals surface area contributed by atoms with Crippen LogP contribution in [-0.2, 0) is 25.7 Å². The van der Waals surface area contributed by atoms with Crippen LogP contribution in [0.3, 0.4) is 0 Å². The molecule has 1 aliphatic rings. The Bertz CT molecular complexity index is 851. The van der Waals surface area contributed by atoms with Crippen molar-refractivity contribution in [3.8, 4) is 0 Å². The van der Waals surface area contributed by atoms with E-state index in [2.05, 4.69) is 5.32 Å². The maximum Gasteiger partial charge on any atom is 0.411 e. The van der Waals surface area contributed by atoms with Crippen LogP contribution in [0.25, 0.3) is 0 Å². The smallest absolute Gasteiger partial charge is 0.411 e. The molecule has 1 N–H and O–H groups in total. The highest BCUT2D eigenvalue weighted by Gasteiger charge is 2.33. The van der Waals surface area contributed by atoms with Crippen LogP contribution in [0.15, 0.2) is 54.6 Å². The molecular weight excluding hydrogens is 372 g/mol. The van der Waals surface area contributed by atoms with Crippen molar-refractivity contribution in [2.45, 2.75) is 25.9 Å². The lowest BCUT2D eigenvalue weighted by atomic mass is 9.97. The van der Waals surface area contributed by atoms with E-state index in [1.807, 2.05) is 42.5 Å². The van der Waals surface area contributed by atoms with Gasteiger partial charge in [-0.2, -0.15) is 0 Å². The zero-order valence-corrected chi connectivity index (χ0v) is 16.3. The van der Waals surface area contributed by atoms with E-state index in [-0.39, 0.29) is 25.0 Å². The Morgan fingerprint density at radius 2 is 1.79 bits per heavy atom. The molecule has 2 aromatic carbocycles. The monoisotopic (exact) mass is 396 g/mol. The average molecular weight is 396 g/mol. The highest BCUT2D eigenvalue weighted by Crippen LogP contribution is 2.29. The van der Waals surface area contributed by atoms with Crippen LogP contribution in [-0.4, -0.2) is 42.6 Å². The highest BCUT2D eigenvalue weighted by molar-refractivity contribution is 5.89. The van der Waals surface area contributed by atoms with E-state index in [1.54, 1.807) is 19.1 Å². The summed E-state index contributed by atoms with van der Waals surface area (Å²) >= 11 is 0. The molecule has 2 aromatic rings. The van der Waals surface area contributed by atoms with E-state index in [0.717, 1.165) is 11.1 Å². The van der Waals surface area contributed by atoms with Crippen molar-refractivity contribution in [3.63, 3.8) is 0 Å². The third-order valence-electron chi connectivity index (χ3n) is 4.69. The standard InChI is InChI=1S/C22H24N2O5/c1-2-28-20(25)14-24-13-12-19(21(24)26)17-8-10-18(11-9-17)23-22(27)29-15-16-6-4-3-5-7-16/h3-11,19H,2,12-15H2,1H3,(H,23,27). The van der Waals surface area contributed by atoms with E-state index >= 15 is 0 Å². The fourth-order valence-electron chi connectivity index (χ4n) is 3.24. The summed E-state index contributed by atoms with van der Waals surface area (Å²) in [4.78, 5) is 37.6. The summed E-state index contributed by atoms with van der Waals surface area (Å²) in [6.07, 6.45) is 0.101.